The van der Waals surface area contributed by atoms with E-state index in [0.29, 0.717) is 43.4 Å². The summed E-state index contributed by atoms with van der Waals surface area (Å²) in [7, 11) is 1.51. The zero-order valence-electron chi connectivity index (χ0n) is 25.3. The van der Waals surface area contributed by atoms with Crippen LogP contribution in [-0.4, -0.2) is 69.3 Å². The van der Waals surface area contributed by atoms with Gasteiger partial charge in [0, 0.05) is 48.2 Å². The highest BCUT2D eigenvalue weighted by molar-refractivity contribution is 5.93. The first-order valence-corrected chi connectivity index (χ1v) is 15.2. The minimum absolute atomic E-state index is 0.0600. The van der Waals surface area contributed by atoms with Crippen molar-refractivity contribution in [1.29, 1.82) is 5.26 Å². The zero-order valence-corrected chi connectivity index (χ0v) is 25.3. The number of amides is 1. The number of aryl methyl sites for hydroxylation is 1. The van der Waals surface area contributed by atoms with Crippen molar-refractivity contribution in [2.45, 2.75) is 56.7 Å². The van der Waals surface area contributed by atoms with Crippen LogP contribution in [-0.2, 0) is 16.0 Å². The number of hydrogen-bond acceptors (Lipinski definition) is 11. The summed E-state index contributed by atoms with van der Waals surface area (Å²) in [5.41, 5.74) is 2.34. The van der Waals surface area contributed by atoms with Crippen LogP contribution in [0.4, 0.5) is 16.2 Å². The van der Waals surface area contributed by atoms with Gasteiger partial charge in [-0.3, -0.25) is 9.69 Å². The van der Waals surface area contributed by atoms with E-state index in [1.165, 1.54) is 19.4 Å². The monoisotopic (exact) mass is 624 g/mol. The molecule has 46 heavy (non-hydrogen) atoms. The molecule has 2 fully saturated rings. The summed E-state index contributed by atoms with van der Waals surface area (Å²) in [6.07, 6.45) is 9.68. The van der Waals surface area contributed by atoms with Gasteiger partial charge in [0.25, 0.3) is 0 Å². The summed E-state index contributed by atoms with van der Waals surface area (Å²) in [5, 5.41) is 12.8. The molecule has 1 amide bonds. The van der Waals surface area contributed by atoms with E-state index in [1.54, 1.807) is 41.7 Å². The fourth-order valence-corrected chi connectivity index (χ4v) is 5.55. The van der Waals surface area contributed by atoms with Gasteiger partial charge in [0.15, 0.2) is 0 Å². The number of methoxy groups -OCH3 is 1. The molecule has 12 nitrogen and oxygen atoms in total. The number of halogens is 1. The van der Waals surface area contributed by atoms with Crippen molar-refractivity contribution < 1.29 is 23.4 Å². The van der Waals surface area contributed by atoms with Crippen LogP contribution in [0.5, 0.6) is 11.9 Å². The lowest BCUT2D eigenvalue weighted by Crippen LogP contribution is -2.45. The lowest BCUT2D eigenvalue weighted by molar-refractivity contribution is -0.119. The van der Waals surface area contributed by atoms with Gasteiger partial charge in [0.05, 0.1) is 26.5 Å². The summed E-state index contributed by atoms with van der Waals surface area (Å²) in [6.45, 7) is 0.926. The number of nitrogens with zero attached hydrogens (tertiary/aromatic N) is 7. The first kappa shape index (κ1) is 30.8. The summed E-state index contributed by atoms with van der Waals surface area (Å²) in [6, 6.07) is 12.5. The van der Waals surface area contributed by atoms with Crippen LogP contribution in [0.1, 0.15) is 43.2 Å². The molecule has 0 atom stereocenters. The molecule has 0 unspecified atom stereocenters. The van der Waals surface area contributed by atoms with Crippen molar-refractivity contribution in [3.8, 4) is 29.1 Å². The van der Waals surface area contributed by atoms with Gasteiger partial charge in [-0.1, -0.05) is 18.2 Å². The van der Waals surface area contributed by atoms with Crippen LogP contribution in [0.3, 0.4) is 0 Å². The van der Waals surface area contributed by atoms with Gasteiger partial charge in [-0.15, -0.1) is 0 Å². The Bertz CT molecular complexity index is 1690. The second-order valence-electron chi connectivity index (χ2n) is 11.2. The van der Waals surface area contributed by atoms with E-state index in [9.17, 15) is 14.4 Å². The van der Waals surface area contributed by atoms with Gasteiger partial charge in [-0.2, -0.15) is 10.2 Å². The average molecular weight is 625 g/mol. The number of aromatic nitrogens is 5. The maximum atomic E-state index is 14.3. The molecular weight excluding hydrogens is 591 g/mol. The molecule has 3 aromatic heterocycles. The zero-order chi connectivity index (χ0) is 31.9. The lowest BCUT2D eigenvalue weighted by Gasteiger charge is -2.36. The highest BCUT2D eigenvalue weighted by Gasteiger charge is 2.31. The minimum Gasteiger partial charge on any atom is -0.468 e. The molecule has 2 aliphatic rings. The maximum absolute atomic E-state index is 14.3. The van der Waals surface area contributed by atoms with Gasteiger partial charge < -0.3 is 19.5 Å². The predicted octanol–water partition coefficient (Wildman–Crippen LogP) is 4.51. The first-order chi connectivity index (χ1) is 22.5. The van der Waals surface area contributed by atoms with E-state index in [2.05, 4.69) is 36.3 Å². The van der Waals surface area contributed by atoms with Gasteiger partial charge in [0.1, 0.15) is 29.4 Å². The predicted molar refractivity (Wildman–Crippen MR) is 166 cm³/mol. The van der Waals surface area contributed by atoms with Gasteiger partial charge in [-0.05, 0) is 55.9 Å². The van der Waals surface area contributed by atoms with E-state index < -0.39 is 0 Å². The normalized spacial score (nSPS) is 17.8. The molecule has 1 saturated heterocycles. The summed E-state index contributed by atoms with van der Waals surface area (Å²) in [5.74, 6) is 0.715. The van der Waals surface area contributed by atoms with E-state index in [1.807, 2.05) is 12.1 Å². The Balaban J connectivity index is 1.15. The highest BCUT2D eigenvalue weighted by Crippen LogP contribution is 2.31. The molecule has 0 spiro atoms. The SMILES string of the molecule is COc1ncc(-c2ccc(N(C(=O)CCc3ccccc3F)C3CCC(Nc4ncc(C#N)c(OC5COC5)n4)CC3)nc2)cn1. The van der Waals surface area contributed by atoms with Crippen LogP contribution in [0.25, 0.3) is 11.1 Å². The van der Waals surface area contributed by atoms with Crippen molar-refractivity contribution >= 4 is 17.7 Å². The van der Waals surface area contributed by atoms with E-state index in [4.69, 9.17) is 14.2 Å². The third kappa shape index (κ3) is 7.18. The third-order valence-electron chi connectivity index (χ3n) is 8.13. The largest absolute Gasteiger partial charge is 0.468 e. The van der Waals surface area contributed by atoms with Gasteiger partial charge in [-0.25, -0.2) is 24.3 Å². The molecule has 1 aromatic carbocycles. The number of benzene rings is 1. The highest BCUT2D eigenvalue weighted by atomic mass is 19.1. The molecule has 4 heterocycles. The van der Waals surface area contributed by atoms with Crippen molar-refractivity contribution in [2.24, 2.45) is 0 Å². The molecule has 1 aliphatic heterocycles. The van der Waals surface area contributed by atoms with Crippen molar-refractivity contribution in [1.82, 2.24) is 24.9 Å². The Morgan fingerprint density at radius 3 is 2.43 bits per heavy atom. The Labute approximate surface area is 265 Å². The first-order valence-electron chi connectivity index (χ1n) is 15.2. The smallest absolute Gasteiger partial charge is 0.316 e. The van der Waals surface area contributed by atoms with Crippen LogP contribution in [0, 0.1) is 17.1 Å². The minimum atomic E-state index is -0.322. The van der Waals surface area contributed by atoms with Crippen molar-refractivity contribution in [3.63, 3.8) is 0 Å². The van der Waals surface area contributed by atoms with Crippen LogP contribution >= 0.6 is 0 Å². The number of anilines is 2. The second-order valence-corrected chi connectivity index (χ2v) is 11.2. The number of ether oxygens (including phenoxy) is 3. The topological polar surface area (TPSA) is 148 Å². The molecule has 236 valence electrons. The van der Waals surface area contributed by atoms with Crippen LogP contribution in [0.15, 0.2) is 61.2 Å². The number of hydrogen-bond donors (Lipinski definition) is 1. The summed E-state index contributed by atoms with van der Waals surface area (Å²) >= 11 is 0. The Kier molecular flexibility index (Phi) is 9.54. The van der Waals surface area contributed by atoms with E-state index in [0.717, 1.165) is 24.0 Å². The number of carbonyl (C=O) groups is 1. The van der Waals surface area contributed by atoms with Gasteiger partial charge in [0.2, 0.25) is 17.7 Å². The van der Waals surface area contributed by atoms with Gasteiger partial charge >= 0.3 is 6.01 Å². The van der Waals surface area contributed by atoms with Crippen LogP contribution in [0.2, 0.25) is 0 Å². The molecule has 1 aliphatic carbocycles. The lowest BCUT2D eigenvalue weighted by atomic mass is 9.89. The molecule has 0 radical (unpaired) electrons. The fourth-order valence-electron chi connectivity index (χ4n) is 5.55. The fraction of sp³-hybridized carbons (Fsp3) is 0.364. The van der Waals surface area contributed by atoms with Crippen LogP contribution < -0.4 is 19.7 Å². The standard InChI is InChI=1S/C33H33FN8O4/c1-44-33-38-17-24(18-39-33)22-6-12-29(36-15-22)42(30(43)13-7-21-4-2-3-5-28(21)34)26-10-8-25(9-11-26)40-32-37-16-23(14-35)31(41-32)46-27-19-45-20-27/h2-6,12,15-18,25-27H,7-11,13,19-20H2,1H3,(H,37,40,41). The average Bonchev–Trinajstić information content (AvgIpc) is 3.07. The quantitative estimate of drug-likeness (QED) is 0.251. The number of carbonyl (C=O) groups excluding carboxylic acids is 1. The summed E-state index contributed by atoms with van der Waals surface area (Å²) in [4.78, 5) is 37.3. The number of rotatable bonds is 11. The third-order valence-corrected chi connectivity index (χ3v) is 8.13. The Hall–Kier alpha value is -5.22. The number of pyridine rings is 1. The van der Waals surface area contributed by atoms with Crippen molar-refractivity contribution in [3.05, 3.63) is 78.1 Å². The van der Waals surface area contributed by atoms with E-state index in [-0.39, 0.29) is 60.2 Å². The number of nitrogens with one attached hydrogen (secondary N) is 1. The Morgan fingerprint density at radius 1 is 1.02 bits per heavy atom. The molecular formula is C33H33FN8O4. The molecule has 1 saturated carbocycles. The molecule has 1 N–H and O–H groups in total. The molecule has 0 bridgehead atoms. The Morgan fingerprint density at radius 2 is 1.78 bits per heavy atom. The molecule has 13 heteroatoms. The second kappa shape index (κ2) is 14.3. The molecule has 4 aromatic rings. The number of nitriles is 1. The maximum Gasteiger partial charge on any atom is 0.316 e. The van der Waals surface area contributed by atoms with Crippen molar-refractivity contribution in [2.75, 3.05) is 30.5 Å². The van der Waals surface area contributed by atoms with E-state index >= 15 is 0 Å². The molecule has 6 rings (SSSR count). The summed E-state index contributed by atoms with van der Waals surface area (Å²) < 4.78 is 30.4.